The lowest BCUT2D eigenvalue weighted by atomic mass is 9.89. The van der Waals surface area contributed by atoms with E-state index < -0.39 is 23.5 Å². The molecule has 1 N–H and O–H groups in total. The zero-order valence-electron chi connectivity index (χ0n) is 14.1. The summed E-state index contributed by atoms with van der Waals surface area (Å²) in [5.74, 6) is -3.41. The molecule has 132 valence electrons. The normalized spacial score (nSPS) is 13.2. The van der Waals surface area contributed by atoms with E-state index in [1.54, 1.807) is 38.1 Å². The van der Waals surface area contributed by atoms with E-state index in [0.29, 0.717) is 4.74 Å². The van der Waals surface area contributed by atoms with Crippen LogP contribution in [0.5, 0.6) is 0 Å². The molecule has 24 heavy (non-hydrogen) atoms. The first-order valence-corrected chi connectivity index (χ1v) is 7.75. The minimum absolute atomic E-state index is 0.0155. The van der Waals surface area contributed by atoms with Gasteiger partial charge in [-0.05, 0) is 20.8 Å². The van der Waals surface area contributed by atoms with E-state index in [1.807, 2.05) is 6.07 Å². The average Bonchev–Trinajstić information content (AvgIpc) is 2.55. The van der Waals surface area contributed by atoms with Crippen molar-refractivity contribution in [2.45, 2.75) is 32.9 Å². The molecular weight excluding hydrogens is 314 g/mol. The average molecular weight is 337 g/mol. The maximum absolute atomic E-state index is 12.1. The van der Waals surface area contributed by atoms with Crippen molar-refractivity contribution in [3.05, 3.63) is 41.1 Å². The lowest BCUT2D eigenvalue weighted by molar-refractivity contribution is -0.472. The molecule has 1 aromatic carbocycles. The summed E-state index contributed by atoms with van der Waals surface area (Å²) in [6, 6.07) is 8.95. The van der Waals surface area contributed by atoms with Gasteiger partial charge in [0, 0.05) is 5.56 Å². The Morgan fingerprint density at radius 3 is 2.17 bits per heavy atom. The van der Waals surface area contributed by atoms with E-state index in [1.165, 1.54) is 6.92 Å². The van der Waals surface area contributed by atoms with Crippen molar-refractivity contribution in [3.8, 4) is 0 Å². The topological polar surface area (TPSA) is 98.9 Å². The first-order chi connectivity index (χ1) is 11.4. The predicted octanol–water partition coefficient (Wildman–Crippen LogP) is 1.26. The molecule has 0 aliphatic rings. The maximum atomic E-state index is 12.1. The Balaban J connectivity index is 3.02. The van der Waals surface area contributed by atoms with Crippen LogP contribution in [0.2, 0.25) is 0 Å². The number of hydroxylamine groups is 1. The van der Waals surface area contributed by atoms with Crippen LogP contribution in [0.4, 0.5) is 0 Å². The van der Waals surface area contributed by atoms with Gasteiger partial charge in [-0.1, -0.05) is 30.3 Å². The minimum Gasteiger partial charge on any atom is -0.624 e. The lowest BCUT2D eigenvalue weighted by Gasteiger charge is -2.26. The van der Waals surface area contributed by atoms with Crippen LogP contribution in [0.25, 0.3) is 0 Å². The highest BCUT2D eigenvalue weighted by Crippen LogP contribution is 2.20. The minimum atomic E-state index is -2.56. The molecule has 0 heterocycles. The van der Waals surface area contributed by atoms with Gasteiger partial charge in [0.15, 0.2) is 12.8 Å². The monoisotopic (exact) mass is 337 g/mol. The van der Waals surface area contributed by atoms with Crippen molar-refractivity contribution in [1.82, 2.24) is 0 Å². The van der Waals surface area contributed by atoms with Gasteiger partial charge in [0.1, 0.15) is 0 Å². The number of hydrogen-bond acceptors (Lipinski definition) is 6. The van der Waals surface area contributed by atoms with Crippen LogP contribution in [0.3, 0.4) is 0 Å². The summed E-state index contributed by atoms with van der Waals surface area (Å²) in [4.78, 5) is 24.1. The molecule has 0 radical (unpaired) electrons. The molecule has 7 heteroatoms. The predicted molar refractivity (Wildman–Crippen MR) is 87.2 cm³/mol. The van der Waals surface area contributed by atoms with E-state index in [4.69, 9.17) is 9.47 Å². The molecule has 1 atom stereocenters. The molecule has 0 spiro atoms. The molecule has 1 rings (SSSR count). The molecule has 0 saturated carbocycles. The number of rotatable bonds is 8. The molecule has 0 aromatic heterocycles. The van der Waals surface area contributed by atoms with Crippen molar-refractivity contribution < 1.29 is 28.9 Å². The van der Waals surface area contributed by atoms with Crippen molar-refractivity contribution >= 4 is 18.2 Å². The van der Waals surface area contributed by atoms with Crippen LogP contribution in [0.1, 0.15) is 26.3 Å². The smallest absolute Gasteiger partial charge is 0.350 e. The Bertz CT molecular complexity index is 566. The van der Waals surface area contributed by atoms with Crippen LogP contribution in [0, 0.1) is 11.1 Å². The Kier molecular flexibility index (Phi) is 7.38. The number of carbonyl (C=O) groups is 2. The molecule has 0 amide bonds. The Labute approximate surface area is 141 Å². The van der Waals surface area contributed by atoms with Crippen LogP contribution >= 0.6 is 0 Å². The molecule has 0 saturated heterocycles. The van der Waals surface area contributed by atoms with Crippen LogP contribution in [-0.2, 0) is 25.6 Å². The highest BCUT2D eigenvalue weighted by atomic mass is 16.6. The van der Waals surface area contributed by atoms with Gasteiger partial charge in [-0.25, -0.2) is 14.3 Å². The molecular formula is C17H23NO6. The van der Waals surface area contributed by atoms with Gasteiger partial charge in [-0.3, -0.25) is 0 Å². The summed E-state index contributed by atoms with van der Waals surface area (Å²) in [5, 5.41) is 22.6. The SMILES string of the molecule is CCOC(=O)C(O)(C(=O)OCC)C(C)/C=[N+](\[O-])Cc1ccccc1. The van der Waals surface area contributed by atoms with Crippen LogP contribution < -0.4 is 0 Å². The van der Waals surface area contributed by atoms with Crippen LogP contribution in [0.15, 0.2) is 30.3 Å². The second-order valence-electron chi connectivity index (χ2n) is 5.21. The van der Waals surface area contributed by atoms with Gasteiger partial charge in [-0.15, -0.1) is 0 Å². The third kappa shape index (κ3) is 4.79. The summed E-state index contributed by atoms with van der Waals surface area (Å²) >= 11 is 0. The highest BCUT2D eigenvalue weighted by Gasteiger charge is 2.53. The fourth-order valence-corrected chi connectivity index (χ4v) is 2.11. The number of esters is 2. The molecule has 1 aromatic rings. The van der Waals surface area contributed by atoms with Gasteiger partial charge in [0.2, 0.25) is 0 Å². The number of carbonyl (C=O) groups excluding carboxylic acids is 2. The molecule has 0 bridgehead atoms. The number of nitrogens with zero attached hydrogens (tertiary/aromatic N) is 1. The fourth-order valence-electron chi connectivity index (χ4n) is 2.11. The zero-order valence-corrected chi connectivity index (χ0v) is 14.1. The van der Waals surface area contributed by atoms with Gasteiger partial charge in [0.05, 0.1) is 19.1 Å². The molecule has 7 nitrogen and oxygen atoms in total. The fraction of sp³-hybridized carbons (Fsp3) is 0.471. The second-order valence-corrected chi connectivity index (χ2v) is 5.21. The van der Waals surface area contributed by atoms with Crippen molar-refractivity contribution in [2.75, 3.05) is 13.2 Å². The first kappa shape index (κ1) is 19.6. The molecule has 0 aliphatic heterocycles. The molecule has 0 aliphatic carbocycles. The van der Waals surface area contributed by atoms with Crippen LogP contribution in [-0.4, -0.2) is 46.8 Å². The van der Waals surface area contributed by atoms with Crippen molar-refractivity contribution in [1.29, 1.82) is 0 Å². The lowest BCUT2D eigenvalue weighted by Crippen LogP contribution is -2.54. The quantitative estimate of drug-likeness (QED) is 0.191. The third-order valence-electron chi connectivity index (χ3n) is 3.40. The number of benzene rings is 1. The number of hydrogen-bond donors (Lipinski definition) is 1. The van der Waals surface area contributed by atoms with Crippen molar-refractivity contribution in [3.63, 3.8) is 0 Å². The van der Waals surface area contributed by atoms with E-state index in [0.717, 1.165) is 11.8 Å². The third-order valence-corrected chi connectivity index (χ3v) is 3.40. The first-order valence-electron chi connectivity index (χ1n) is 7.75. The largest absolute Gasteiger partial charge is 0.624 e. The molecule has 0 fully saturated rings. The number of ether oxygens (including phenoxy) is 2. The van der Waals surface area contributed by atoms with Gasteiger partial charge in [-0.2, -0.15) is 0 Å². The van der Waals surface area contributed by atoms with Gasteiger partial charge < -0.3 is 19.8 Å². The van der Waals surface area contributed by atoms with E-state index in [-0.39, 0.29) is 19.8 Å². The Morgan fingerprint density at radius 2 is 1.71 bits per heavy atom. The molecule has 1 unspecified atom stereocenters. The van der Waals surface area contributed by atoms with Gasteiger partial charge in [0.25, 0.3) is 5.60 Å². The second kappa shape index (κ2) is 9.02. The van der Waals surface area contributed by atoms with E-state index in [9.17, 15) is 19.9 Å². The van der Waals surface area contributed by atoms with E-state index >= 15 is 0 Å². The number of aliphatic hydroxyl groups is 1. The maximum Gasteiger partial charge on any atom is 0.350 e. The Hall–Kier alpha value is -2.41. The standard InChI is InChI=1S/C17H23NO6/c1-4-23-15(19)17(21,16(20)24-5-2)13(3)11-18(22)12-14-9-7-6-8-10-14/h6-11,13,21H,4-5,12H2,1-3H3/b18-11-. The summed E-state index contributed by atoms with van der Waals surface area (Å²) in [7, 11) is 0. The Morgan fingerprint density at radius 1 is 1.21 bits per heavy atom. The summed E-state index contributed by atoms with van der Waals surface area (Å²) in [5.41, 5.74) is -1.81. The summed E-state index contributed by atoms with van der Waals surface area (Å²) in [6.07, 6.45) is 1.07. The van der Waals surface area contributed by atoms with Crippen molar-refractivity contribution in [2.24, 2.45) is 5.92 Å². The van der Waals surface area contributed by atoms with Gasteiger partial charge >= 0.3 is 11.9 Å². The highest BCUT2D eigenvalue weighted by molar-refractivity contribution is 6.05. The zero-order chi connectivity index (χ0) is 18.2. The summed E-state index contributed by atoms with van der Waals surface area (Å²) in [6.45, 7) is 4.47. The van der Waals surface area contributed by atoms with E-state index in [2.05, 4.69) is 0 Å². The summed E-state index contributed by atoms with van der Waals surface area (Å²) < 4.78 is 10.1.